The third kappa shape index (κ3) is 7.17. The second kappa shape index (κ2) is 14.3. The molecule has 0 spiro atoms. The van der Waals surface area contributed by atoms with Crippen molar-refractivity contribution < 1.29 is 31.4 Å². The zero-order chi connectivity index (χ0) is 32.3. The predicted molar refractivity (Wildman–Crippen MR) is 168 cm³/mol. The van der Waals surface area contributed by atoms with Crippen LogP contribution < -0.4 is 14.5 Å². The fourth-order valence-corrected chi connectivity index (χ4v) is 7.18. The number of anilines is 2. The first-order chi connectivity index (χ1) is 22.2. The van der Waals surface area contributed by atoms with E-state index in [1.54, 1.807) is 18.2 Å². The molecule has 2 aromatic heterocycles. The number of morpholine rings is 2. The summed E-state index contributed by atoms with van der Waals surface area (Å²) < 4.78 is 73.0. The highest BCUT2D eigenvalue weighted by Crippen LogP contribution is 2.33. The van der Waals surface area contributed by atoms with Crippen LogP contribution in [-0.4, -0.2) is 140 Å². The van der Waals surface area contributed by atoms with Gasteiger partial charge in [0.05, 0.1) is 45.3 Å². The molecule has 0 N–H and O–H groups in total. The van der Waals surface area contributed by atoms with E-state index in [0.717, 1.165) is 26.1 Å². The van der Waals surface area contributed by atoms with Gasteiger partial charge in [-0.1, -0.05) is 6.07 Å². The Hall–Kier alpha value is -3.25. The van der Waals surface area contributed by atoms with Crippen molar-refractivity contribution in [3.63, 3.8) is 0 Å². The number of para-hydroxylation sites is 1. The Balaban J connectivity index is 1.42. The Morgan fingerprint density at radius 3 is 2.28 bits per heavy atom. The molecule has 1 aromatic carbocycles. The van der Waals surface area contributed by atoms with Crippen molar-refractivity contribution in [2.45, 2.75) is 31.7 Å². The predicted octanol–water partition coefficient (Wildman–Crippen LogP) is 1.95. The average molecular weight is 666 g/mol. The molecule has 0 atom stereocenters. The van der Waals surface area contributed by atoms with E-state index in [9.17, 15) is 17.2 Å². The minimum absolute atomic E-state index is 0.0318. The topological polar surface area (TPSA) is 131 Å². The Labute approximate surface area is 267 Å². The van der Waals surface area contributed by atoms with E-state index in [2.05, 4.69) is 14.8 Å². The number of fused-ring (bicyclic) bond motifs is 1. The highest BCUT2D eigenvalue weighted by atomic mass is 32.2. The van der Waals surface area contributed by atoms with Crippen LogP contribution in [0.2, 0.25) is 0 Å². The van der Waals surface area contributed by atoms with Gasteiger partial charge < -0.3 is 24.0 Å². The lowest BCUT2D eigenvalue weighted by atomic mass is 10.0. The molecule has 3 fully saturated rings. The number of benzene rings is 1. The van der Waals surface area contributed by atoms with Crippen molar-refractivity contribution >= 4 is 33.0 Å². The molecule has 252 valence electrons. The van der Waals surface area contributed by atoms with Gasteiger partial charge in [0.25, 0.3) is 6.43 Å². The molecular weight excluding hydrogens is 624 g/mol. The Kier molecular flexibility index (Phi) is 10.1. The third-order valence-corrected chi connectivity index (χ3v) is 10.1. The summed E-state index contributed by atoms with van der Waals surface area (Å²) in [7, 11) is -1.85. The van der Waals surface area contributed by atoms with Gasteiger partial charge in [0.15, 0.2) is 5.82 Å². The van der Waals surface area contributed by atoms with Crippen LogP contribution in [0.15, 0.2) is 18.2 Å². The summed E-state index contributed by atoms with van der Waals surface area (Å²) in [6, 6.07) is 5.01. The van der Waals surface area contributed by atoms with Gasteiger partial charge in [-0.05, 0) is 31.4 Å². The molecule has 0 radical (unpaired) electrons. The Bertz CT molecular complexity index is 1590. The number of nitrogens with zero attached hydrogens (tertiary/aromatic N) is 9. The Morgan fingerprint density at radius 2 is 1.63 bits per heavy atom. The number of methoxy groups -OCH3 is 1. The van der Waals surface area contributed by atoms with E-state index in [0.29, 0.717) is 95.2 Å². The van der Waals surface area contributed by atoms with E-state index in [4.69, 9.17) is 29.2 Å². The van der Waals surface area contributed by atoms with E-state index in [-0.39, 0.29) is 17.5 Å². The summed E-state index contributed by atoms with van der Waals surface area (Å²) in [5.41, 5.74) is 0.672. The molecule has 3 aliphatic heterocycles. The lowest BCUT2D eigenvalue weighted by Gasteiger charge is -2.38. The van der Waals surface area contributed by atoms with Crippen LogP contribution in [0.25, 0.3) is 17.0 Å². The fourth-order valence-electron chi connectivity index (χ4n) is 6.31. The monoisotopic (exact) mass is 665 g/mol. The van der Waals surface area contributed by atoms with Gasteiger partial charge in [-0.2, -0.15) is 15.0 Å². The van der Waals surface area contributed by atoms with Crippen molar-refractivity contribution in [3.8, 4) is 11.7 Å². The summed E-state index contributed by atoms with van der Waals surface area (Å²) in [5.74, 6) is 0.619. The fraction of sp³-hybridized carbons (Fsp3) is 0.655. The van der Waals surface area contributed by atoms with Crippen molar-refractivity contribution in [1.29, 1.82) is 0 Å². The van der Waals surface area contributed by atoms with Crippen molar-refractivity contribution in [2.75, 3.05) is 102 Å². The van der Waals surface area contributed by atoms with E-state index >= 15 is 0 Å². The van der Waals surface area contributed by atoms with Crippen LogP contribution in [0.4, 0.5) is 20.7 Å². The quantitative estimate of drug-likeness (QED) is 0.297. The average Bonchev–Trinajstić information content (AvgIpc) is 3.48. The first-order valence-electron chi connectivity index (χ1n) is 15.7. The lowest BCUT2D eigenvalue weighted by molar-refractivity contribution is 0.0375. The molecule has 14 nitrogen and oxygen atoms in total. The van der Waals surface area contributed by atoms with Gasteiger partial charge in [-0.15, -0.1) is 0 Å². The van der Waals surface area contributed by atoms with Crippen LogP contribution in [0, 0.1) is 0 Å². The lowest BCUT2D eigenvalue weighted by Crippen LogP contribution is -2.48. The second-order valence-corrected chi connectivity index (χ2v) is 13.6. The molecule has 6 rings (SSSR count). The molecule has 0 bridgehead atoms. The maximum Gasteiger partial charge on any atom is 0.296 e. The van der Waals surface area contributed by atoms with Gasteiger partial charge >= 0.3 is 0 Å². The molecule has 0 unspecified atom stereocenters. The number of ether oxygens (including phenoxy) is 3. The number of piperidine rings is 1. The van der Waals surface area contributed by atoms with Crippen molar-refractivity contribution in [3.05, 3.63) is 24.0 Å². The number of alkyl halides is 2. The normalized spacial score (nSPS) is 19.3. The molecule has 3 saturated heterocycles. The van der Waals surface area contributed by atoms with Gasteiger partial charge in [-0.3, -0.25) is 9.47 Å². The minimum Gasteiger partial charge on any atom is -0.494 e. The van der Waals surface area contributed by atoms with E-state index in [1.165, 1.54) is 22.2 Å². The number of rotatable bonds is 11. The first kappa shape index (κ1) is 32.7. The summed E-state index contributed by atoms with van der Waals surface area (Å²) in [4.78, 5) is 25.2. The zero-order valence-corrected chi connectivity index (χ0v) is 27.0. The third-order valence-electron chi connectivity index (χ3n) is 8.75. The van der Waals surface area contributed by atoms with Gasteiger partial charge in [0.2, 0.25) is 27.9 Å². The maximum atomic E-state index is 14.6. The molecule has 5 heterocycles. The van der Waals surface area contributed by atoms with Crippen LogP contribution in [0.3, 0.4) is 0 Å². The van der Waals surface area contributed by atoms with Gasteiger partial charge in [0.1, 0.15) is 11.3 Å². The largest absolute Gasteiger partial charge is 0.494 e. The van der Waals surface area contributed by atoms with E-state index in [1.807, 2.05) is 4.90 Å². The molecule has 0 amide bonds. The smallest absolute Gasteiger partial charge is 0.296 e. The van der Waals surface area contributed by atoms with Crippen LogP contribution in [-0.2, 0) is 19.5 Å². The molecule has 17 heteroatoms. The maximum absolute atomic E-state index is 14.6. The summed E-state index contributed by atoms with van der Waals surface area (Å²) in [5, 5.41) is 0. The minimum atomic E-state index is -3.32. The Morgan fingerprint density at radius 1 is 0.957 bits per heavy atom. The highest BCUT2D eigenvalue weighted by molar-refractivity contribution is 7.88. The van der Waals surface area contributed by atoms with E-state index < -0.39 is 22.3 Å². The summed E-state index contributed by atoms with van der Waals surface area (Å²) in [6.07, 6.45) is 0.269. The molecule has 0 saturated carbocycles. The van der Waals surface area contributed by atoms with Crippen LogP contribution >= 0.6 is 0 Å². The number of sulfonamides is 1. The highest BCUT2D eigenvalue weighted by Gasteiger charge is 2.32. The molecule has 3 aliphatic rings. The zero-order valence-electron chi connectivity index (χ0n) is 26.2. The number of aromatic nitrogens is 5. The first-order valence-corrected chi connectivity index (χ1v) is 17.5. The molecule has 3 aromatic rings. The summed E-state index contributed by atoms with van der Waals surface area (Å²) >= 11 is 0. The number of hydrogen-bond donors (Lipinski definition) is 0. The molecule has 46 heavy (non-hydrogen) atoms. The summed E-state index contributed by atoms with van der Waals surface area (Å²) in [6.45, 7) is 7.33. The van der Waals surface area contributed by atoms with Crippen molar-refractivity contribution in [1.82, 2.24) is 33.7 Å². The molecule has 0 aliphatic carbocycles. The number of imidazole rings is 1. The van der Waals surface area contributed by atoms with Gasteiger partial charge in [-0.25, -0.2) is 26.5 Å². The SMILES string of the molecule is COc1cccc2c1nc(C(F)F)n2-c1nc(N2CCOCC2)nc(N(CCCN2CCOCC2)C2CCN(S(C)(=O)=O)CC2)n1. The standard InChI is InChI=1S/C29H41F2N9O5S/c1-43-23-6-3-5-22-24(23)32-26(25(30)31)40(22)29-34-27(37-15-19-45-20-16-37)33-28(35-29)39(10-4-9-36-13-17-44-18-14-36)21-7-11-38(12-8-21)46(2,41)42/h3,5-6,21,25H,4,7-20H2,1-2H3. The number of halogens is 2. The second-order valence-electron chi connectivity index (χ2n) is 11.7. The molecular formula is C29H41F2N9O5S. The number of hydrogen-bond acceptors (Lipinski definition) is 12. The van der Waals surface area contributed by atoms with Crippen LogP contribution in [0.5, 0.6) is 5.75 Å². The van der Waals surface area contributed by atoms with Crippen molar-refractivity contribution in [2.24, 2.45) is 0 Å². The van der Waals surface area contributed by atoms with Gasteiger partial charge in [0, 0.05) is 58.4 Å². The van der Waals surface area contributed by atoms with Crippen LogP contribution in [0.1, 0.15) is 31.5 Å².